The molecule has 84 valence electrons. The van der Waals surface area contributed by atoms with E-state index in [0.717, 1.165) is 5.75 Å². The second kappa shape index (κ2) is 4.96. The molecule has 0 amide bonds. The molecule has 16 heavy (non-hydrogen) atoms. The van der Waals surface area contributed by atoms with Crippen LogP contribution in [-0.4, -0.2) is 14.2 Å². The van der Waals surface area contributed by atoms with Crippen LogP contribution in [-0.2, 0) is 11.4 Å². The lowest BCUT2D eigenvalue weighted by Crippen LogP contribution is -2.10. The van der Waals surface area contributed by atoms with Crippen LogP contribution in [0, 0.1) is 0 Å². The van der Waals surface area contributed by atoms with E-state index in [9.17, 15) is 0 Å². The van der Waals surface area contributed by atoms with Crippen molar-refractivity contribution < 1.29 is 9.57 Å². The average molecular weight is 217 g/mol. The van der Waals surface area contributed by atoms with E-state index in [2.05, 4.69) is 29.7 Å². The fourth-order valence-corrected chi connectivity index (χ4v) is 1.67. The van der Waals surface area contributed by atoms with Gasteiger partial charge < -0.3 is 9.57 Å². The van der Waals surface area contributed by atoms with E-state index in [-0.39, 0.29) is 0 Å². The van der Waals surface area contributed by atoms with Crippen LogP contribution in [0.2, 0.25) is 0 Å². The minimum Gasteiger partial charge on any atom is -0.497 e. The molecule has 1 N–H and O–H groups in total. The van der Waals surface area contributed by atoms with Gasteiger partial charge in [0.1, 0.15) is 5.75 Å². The Morgan fingerprint density at radius 3 is 2.50 bits per heavy atom. The number of hydroxylamine groups is 1. The van der Waals surface area contributed by atoms with Crippen LogP contribution in [0.4, 0.5) is 0 Å². The van der Waals surface area contributed by atoms with E-state index in [1.165, 1.54) is 16.3 Å². The predicted molar refractivity (Wildman–Crippen MR) is 64.3 cm³/mol. The monoisotopic (exact) mass is 217 g/mol. The number of rotatable bonds is 4. The third-order valence-corrected chi connectivity index (χ3v) is 2.53. The normalized spacial score (nSPS) is 10.6. The lowest BCUT2D eigenvalue weighted by atomic mass is 10.1. The number of methoxy groups -OCH3 is 1. The molecule has 0 fully saturated rings. The van der Waals surface area contributed by atoms with Gasteiger partial charge in [-0.3, -0.25) is 0 Å². The lowest BCUT2D eigenvalue weighted by molar-refractivity contribution is 0.0867. The lowest BCUT2D eigenvalue weighted by Gasteiger charge is -2.06. The summed E-state index contributed by atoms with van der Waals surface area (Å²) in [7, 11) is 3.30. The summed E-state index contributed by atoms with van der Waals surface area (Å²) in [5.74, 6) is 0.885. The molecule has 0 bridgehead atoms. The number of ether oxygens (including phenoxy) is 1. The van der Waals surface area contributed by atoms with Gasteiger partial charge in [0.15, 0.2) is 0 Å². The third-order valence-electron chi connectivity index (χ3n) is 2.53. The average Bonchev–Trinajstić information content (AvgIpc) is 2.35. The van der Waals surface area contributed by atoms with Crippen molar-refractivity contribution in [2.75, 3.05) is 14.2 Å². The Morgan fingerprint density at radius 1 is 1.00 bits per heavy atom. The van der Waals surface area contributed by atoms with Crippen molar-refractivity contribution in [1.29, 1.82) is 0 Å². The summed E-state index contributed by atoms with van der Waals surface area (Å²) in [6.07, 6.45) is 0. The van der Waals surface area contributed by atoms with Crippen molar-refractivity contribution in [3.8, 4) is 5.75 Å². The van der Waals surface area contributed by atoms with Gasteiger partial charge in [-0.25, -0.2) is 0 Å². The molecule has 3 nitrogen and oxygen atoms in total. The van der Waals surface area contributed by atoms with Crippen LogP contribution in [0.1, 0.15) is 5.56 Å². The Balaban J connectivity index is 2.32. The highest BCUT2D eigenvalue weighted by Gasteiger charge is 1.98. The summed E-state index contributed by atoms with van der Waals surface area (Å²) in [6, 6.07) is 12.4. The van der Waals surface area contributed by atoms with E-state index in [4.69, 9.17) is 9.57 Å². The molecule has 0 atom stereocenters. The molecule has 2 rings (SSSR count). The van der Waals surface area contributed by atoms with Gasteiger partial charge in [-0.2, -0.15) is 5.48 Å². The molecule has 0 unspecified atom stereocenters. The number of hydrogen-bond donors (Lipinski definition) is 1. The minimum absolute atomic E-state index is 0.707. The van der Waals surface area contributed by atoms with Gasteiger partial charge in [-0.05, 0) is 34.5 Å². The molecular weight excluding hydrogens is 202 g/mol. The van der Waals surface area contributed by atoms with Crippen LogP contribution >= 0.6 is 0 Å². The highest BCUT2D eigenvalue weighted by Crippen LogP contribution is 2.21. The topological polar surface area (TPSA) is 30.5 Å². The Labute approximate surface area is 94.9 Å². The quantitative estimate of drug-likeness (QED) is 0.798. The minimum atomic E-state index is 0.707. The van der Waals surface area contributed by atoms with Crippen molar-refractivity contribution in [2.45, 2.75) is 6.54 Å². The van der Waals surface area contributed by atoms with Gasteiger partial charge >= 0.3 is 0 Å². The molecule has 0 aliphatic rings. The molecule has 0 aliphatic heterocycles. The summed E-state index contributed by atoms with van der Waals surface area (Å²) in [6.45, 7) is 0.707. The summed E-state index contributed by atoms with van der Waals surface area (Å²) < 4.78 is 5.19. The van der Waals surface area contributed by atoms with Gasteiger partial charge in [0.25, 0.3) is 0 Å². The maximum Gasteiger partial charge on any atom is 0.119 e. The van der Waals surface area contributed by atoms with Crippen LogP contribution in [0.15, 0.2) is 36.4 Å². The van der Waals surface area contributed by atoms with Gasteiger partial charge in [0.2, 0.25) is 0 Å². The van der Waals surface area contributed by atoms with Crippen molar-refractivity contribution in [3.63, 3.8) is 0 Å². The SMILES string of the molecule is CONCc1ccc2cc(OC)ccc2c1. The molecule has 0 saturated heterocycles. The summed E-state index contributed by atoms with van der Waals surface area (Å²) in [5, 5.41) is 2.39. The van der Waals surface area contributed by atoms with Gasteiger partial charge in [0, 0.05) is 6.54 Å². The van der Waals surface area contributed by atoms with Crippen LogP contribution in [0.25, 0.3) is 10.8 Å². The first kappa shape index (κ1) is 10.9. The van der Waals surface area contributed by atoms with E-state index in [1.807, 2.05) is 12.1 Å². The van der Waals surface area contributed by atoms with Gasteiger partial charge in [-0.15, -0.1) is 0 Å². The van der Waals surface area contributed by atoms with Crippen LogP contribution in [0.5, 0.6) is 5.75 Å². The third kappa shape index (κ3) is 2.32. The Hall–Kier alpha value is -1.58. The zero-order valence-corrected chi connectivity index (χ0v) is 9.49. The maximum atomic E-state index is 5.19. The van der Waals surface area contributed by atoms with Crippen LogP contribution < -0.4 is 10.2 Å². The molecule has 0 saturated carbocycles. The highest BCUT2D eigenvalue weighted by molar-refractivity contribution is 5.84. The Morgan fingerprint density at radius 2 is 1.75 bits per heavy atom. The predicted octanol–water partition coefficient (Wildman–Crippen LogP) is 2.50. The van der Waals surface area contributed by atoms with E-state index >= 15 is 0 Å². The molecule has 0 spiro atoms. The number of hydrogen-bond acceptors (Lipinski definition) is 3. The zero-order chi connectivity index (χ0) is 11.4. The molecule has 0 radical (unpaired) electrons. The number of fused-ring (bicyclic) bond motifs is 1. The smallest absolute Gasteiger partial charge is 0.119 e. The van der Waals surface area contributed by atoms with Crippen molar-refractivity contribution in [1.82, 2.24) is 5.48 Å². The highest BCUT2D eigenvalue weighted by atomic mass is 16.6. The first-order valence-electron chi connectivity index (χ1n) is 5.16. The van der Waals surface area contributed by atoms with Gasteiger partial charge in [0.05, 0.1) is 14.2 Å². The fourth-order valence-electron chi connectivity index (χ4n) is 1.67. The first-order chi connectivity index (χ1) is 7.83. The molecule has 0 aromatic heterocycles. The molecule has 3 heteroatoms. The Kier molecular flexibility index (Phi) is 3.39. The second-order valence-corrected chi connectivity index (χ2v) is 3.57. The van der Waals surface area contributed by atoms with Crippen molar-refractivity contribution in [2.24, 2.45) is 0 Å². The number of nitrogens with one attached hydrogen (secondary N) is 1. The first-order valence-corrected chi connectivity index (χ1v) is 5.16. The number of benzene rings is 2. The molecule has 0 heterocycles. The van der Waals surface area contributed by atoms with Crippen molar-refractivity contribution >= 4 is 10.8 Å². The van der Waals surface area contributed by atoms with Gasteiger partial charge in [-0.1, -0.05) is 18.2 Å². The van der Waals surface area contributed by atoms with E-state index < -0.39 is 0 Å². The Bertz CT molecular complexity index is 482. The molecule has 0 aliphatic carbocycles. The molecule has 2 aromatic rings. The van der Waals surface area contributed by atoms with Crippen molar-refractivity contribution in [3.05, 3.63) is 42.0 Å². The largest absolute Gasteiger partial charge is 0.497 e. The zero-order valence-electron chi connectivity index (χ0n) is 9.49. The molecule has 2 aromatic carbocycles. The summed E-state index contributed by atoms with van der Waals surface area (Å²) in [4.78, 5) is 4.82. The maximum absolute atomic E-state index is 5.19. The molecular formula is C13H15NO2. The standard InChI is InChI=1S/C13H15NO2/c1-15-13-6-5-11-7-10(9-14-16-2)3-4-12(11)8-13/h3-8,14H,9H2,1-2H3. The van der Waals surface area contributed by atoms with E-state index in [1.54, 1.807) is 14.2 Å². The summed E-state index contributed by atoms with van der Waals surface area (Å²) in [5.41, 5.74) is 4.02. The van der Waals surface area contributed by atoms with E-state index in [0.29, 0.717) is 6.54 Å². The van der Waals surface area contributed by atoms with Crippen LogP contribution in [0.3, 0.4) is 0 Å². The second-order valence-electron chi connectivity index (χ2n) is 3.57. The fraction of sp³-hybridized carbons (Fsp3) is 0.231. The summed E-state index contributed by atoms with van der Waals surface area (Å²) >= 11 is 0.